The molecule has 0 amide bonds. The molecule has 0 aliphatic heterocycles. The number of hydrogen-bond acceptors (Lipinski definition) is 0. The van der Waals surface area contributed by atoms with E-state index in [-0.39, 0.29) is 0 Å². The third kappa shape index (κ3) is 1.19. The van der Waals surface area contributed by atoms with Crippen molar-refractivity contribution in [2.45, 2.75) is 33.1 Å². The van der Waals surface area contributed by atoms with E-state index in [2.05, 4.69) is 20.3 Å². The molecule has 41 valence electrons. The minimum Gasteiger partial charge on any atom is -0.0596 e. The van der Waals surface area contributed by atoms with Crippen LogP contribution in [0.5, 0.6) is 0 Å². The molecule has 0 atom stereocenters. The molecule has 0 heteroatoms. The van der Waals surface area contributed by atoms with Crippen molar-refractivity contribution in [2.75, 3.05) is 0 Å². The summed E-state index contributed by atoms with van der Waals surface area (Å²) < 4.78 is 0. The molecule has 1 saturated carbocycles. The summed E-state index contributed by atoms with van der Waals surface area (Å²) in [4.78, 5) is 0. The van der Waals surface area contributed by atoms with Crippen molar-refractivity contribution in [1.82, 2.24) is 0 Å². The third-order valence-electron chi connectivity index (χ3n) is 1.72. The molecule has 1 aliphatic carbocycles. The first-order valence-corrected chi connectivity index (χ1v) is 3.05. The zero-order valence-electron chi connectivity index (χ0n) is 5.20. The Morgan fingerprint density at radius 3 is 2.29 bits per heavy atom. The van der Waals surface area contributed by atoms with Crippen LogP contribution in [0.3, 0.4) is 0 Å². The Hall–Kier alpha value is 0. The maximum atomic E-state index is 2.42. The molecular weight excluding hydrogens is 84.1 g/mol. The van der Waals surface area contributed by atoms with Crippen LogP contribution in [0.1, 0.15) is 33.1 Å². The molecule has 0 N–H and O–H groups in total. The monoisotopic (exact) mass is 97.1 g/mol. The molecule has 0 heterocycles. The molecule has 0 spiro atoms. The van der Waals surface area contributed by atoms with Gasteiger partial charge in [0.05, 0.1) is 0 Å². The summed E-state index contributed by atoms with van der Waals surface area (Å²) in [6, 6.07) is 0. The Bertz CT molecular complexity index is 54.4. The predicted molar refractivity (Wildman–Crippen MR) is 31.9 cm³/mol. The van der Waals surface area contributed by atoms with E-state index in [1.165, 1.54) is 19.3 Å². The molecule has 1 fully saturated rings. The Labute approximate surface area is 45.9 Å². The predicted octanol–water partition coefficient (Wildman–Crippen LogP) is 2.40. The van der Waals surface area contributed by atoms with Crippen LogP contribution in [-0.2, 0) is 0 Å². The van der Waals surface area contributed by atoms with E-state index in [1.54, 1.807) is 0 Å². The summed E-state index contributed by atoms with van der Waals surface area (Å²) in [7, 11) is 0. The van der Waals surface area contributed by atoms with Crippen LogP contribution in [0.2, 0.25) is 0 Å². The Morgan fingerprint density at radius 2 is 2.14 bits per heavy atom. The van der Waals surface area contributed by atoms with E-state index in [1.807, 2.05) is 0 Å². The first-order valence-electron chi connectivity index (χ1n) is 3.05. The molecule has 0 bridgehead atoms. The van der Waals surface area contributed by atoms with Gasteiger partial charge in [-0.2, -0.15) is 0 Å². The van der Waals surface area contributed by atoms with Crippen molar-refractivity contribution in [3.63, 3.8) is 0 Å². The van der Waals surface area contributed by atoms with Crippen molar-refractivity contribution < 1.29 is 0 Å². The summed E-state index contributed by atoms with van der Waals surface area (Å²) in [5.41, 5.74) is 0.569. The SMILES string of the molecule is CC1(C)[CH]CCC1. The highest BCUT2D eigenvalue weighted by molar-refractivity contribution is 4.90. The van der Waals surface area contributed by atoms with Crippen molar-refractivity contribution in [1.29, 1.82) is 0 Å². The van der Waals surface area contributed by atoms with Crippen molar-refractivity contribution >= 4 is 0 Å². The van der Waals surface area contributed by atoms with Gasteiger partial charge < -0.3 is 0 Å². The van der Waals surface area contributed by atoms with Crippen molar-refractivity contribution in [2.24, 2.45) is 5.41 Å². The standard InChI is InChI=1S/C7H13/c1-7(2)5-3-4-6-7/h5H,3-4,6H2,1-2H3. The molecule has 7 heavy (non-hydrogen) atoms. The third-order valence-corrected chi connectivity index (χ3v) is 1.72. The molecule has 0 aromatic rings. The lowest BCUT2D eigenvalue weighted by molar-refractivity contribution is 0.456. The first-order chi connectivity index (χ1) is 3.21. The molecule has 1 aliphatic rings. The number of rotatable bonds is 0. The van der Waals surface area contributed by atoms with Crippen LogP contribution >= 0.6 is 0 Å². The first kappa shape index (κ1) is 5.14. The quantitative estimate of drug-likeness (QED) is 0.435. The second kappa shape index (κ2) is 1.50. The van der Waals surface area contributed by atoms with Gasteiger partial charge in [-0.3, -0.25) is 0 Å². The van der Waals surface area contributed by atoms with Crippen LogP contribution in [0.15, 0.2) is 0 Å². The van der Waals surface area contributed by atoms with Crippen molar-refractivity contribution in [3.8, 4) is 0 Å². The smallest absolute Gasteiger partial charge is 0.0323 e. The Kier molecular flexibility index (Phi) is 1.10. The van der Waals surface area contributed by atoms with E-state index in [4.69, 9.17) is 0 Å². The van der Waals surface area contributed by atoms with Gasteiger partial charge in [-0.1, -0.05) is 20.3 Å². The van der Waals surface area contributed by atoms with Gasteiger partial charge in [0, 0.05) is 0 Å². The van der Waals surface area contributed by atoms with Gasteiger partial charge in [-0.25, -0.2) is 0 Å². The summed E-state index contributed by atoms with van der Waals surface area (Å²) >= 11 is 0. The van der Waals surface area contributed by atoms with Gasteiger partial charge in [0.2, 0.25) is 0 Å². The van der Waals surface area contributed by atoms with E-state index < -0.39 is 0 Å². The minimum absolute atomic E-state index is 0.569. The van der Waals surface area contributed by atoms with Crippen LogP contribution < -0.4 is 0 Å². The van der Waals surface area contributed by atoms with Crippen LogP contribution in [0.4, 0.5) is 0 Å². The molecule has 0 aromatic heterocycles. The summed E-state index contributed by atoms with van der Waals surface area (Å²) in [6.45, 7) is 4.61. The highest BCUT2D eigenvalue weighted by atomic mass is 14.3. The topological polar surface area (TPSA) is 0 Å². The summed E-state index contributed by atoms with van der Waals surface area (Å²) in [6.07, 6.45) is 6.57. The fraction of sp³-hybridized carbons (Fsp3) is 0.857. The normalized spacial score (nSPS) is 28.3. The maximum absolute atomic E-state index is 2.42. The van der Waals surface area contributed by atoms with Gasteiger partial charge in [0.25, 0.3) is 0 Å². The Balaban J connectivity index is 2.40. The minimum atomic E-state index is 0.569. The average Bonchev–Trinajstić information content (AvgIpc) is 1.84. The van der Waals surface area contributed by atoms with Crippen LogP contribution in [-0.4, -0.2) is 0 Å². The molecule has 1 radical (unpaired) electrons. The van der Waals surface area contributed by atoms with E-state index in [9.17, 15) is 0 Å². The molecular formula is C7H13. The second-order valence-electron chi connectivity index (χ2n) is 3.08. The molecule has 1 rings (SSSR count). The highest BCUT2D eigenvalue weighted by Gasteiger charge is 2.22. The molecule has 0 aromatic carbocycles. The van der Waals surface area contributed by atoms with Crippen molar-refractivity contribution in [3.05, 3.63) is 6.42 Å². The zero-order chi connectivity index (χ0) is 5.33. The lowest BCUT2D eigenvalue weighted by atomic mass is 9.92. The van der Waals surface area contributed by atoms with Gasteiger partial charge in [0.15, 0.2) is 0 Å². The summed E-state index contributed by atoms with van der Waals surface area (Å²) in [5, 5.41) is 0. The second-order valence-corrected chi connectivity index (χ2v) is 3.08. The fourth-order valence-corrected chi connectivity index (χ4v) is 1.15. The molecule has 0 nitrogen and oxygen atoms in total. The highest BCUT2D eigenvalue weighted by Crippen LogP contribution is 2.35. The summed E-state index contributed by atoms with van der Waals surface area (Å²) in [5.74, 6) is 0. The average molecular weight is 97.2 g/mol. The van der Waals surface area contributed by atoms with E-state index >= 15 is 0 Å². The van der Waals surface area contributed by atoms with E-state index in [0.717, 1.165) is 0 Å². The molecule has 0 unspecified atom stereocenters. The van der Waals surface area contributed by atoms with Gasteiger partial charge in [-0.15, -0.1) is 0 Å². The lowest BCUT2D eigenvalue weighted by Crippen LogP contribution is -2.02. The molecule has 0 saturated heterocycles. The fourth-order valence-electron chi connectivity index (χ4n) is 1.15. The van der Waals surface area contributed by atoms with E-state index in [0.29, 0.717) is 5.41 Å². The van der Waals surface area contributed by atoms with Gasteiger partial charge in [-0.05, 0) is 24.7 Å². The number of hydrogen-bond donors (Lipinski definition) is 0. The Morgan fingerprint density at radius 1 is 1.43 bits per heavy atom. The van der Waals surface area contributed by atoms with Crippen LogP contribution in [0.25, 0.3) is 0 Å². The van der Waals surface area contributed by atoms with Crippen LogP contribution in [0, 0.1) is 11.8 Å². The largest absolute Gasteiger partial charge is 0.0596 e. The lowest BCUT2D eigenvalue weighted by Gasteiger charge is -2.13. The van der Waals surface area contributed by atoms with Gasteiger partial charge in [0.1, 0.15) is 0 Å². The maximum Gasteiger partial charge on any atom is -0.0323 e. The zero-order valence-corrected chi connectivity index (χ0v) is 5.20. The van der Waals surface area contributed by atoms with Gasteiger partial charge >= 0.3 is 0 Å².